The molecule has 0 aliphatic rings. The molecule has 0 unspecified atom stereocenters. The number of benzene rings is 2. The molecule has 0 bridgehead atoms. The van der Waals surface area contributed by atoms with Crippen molar-refractivity contribution in [1.29, 1.82) is 0 Å². The molecule has 0 atom stereocenters. The van der Waals surface area contributed by atoms with Crippen LogP contribution in [-0.2, 0) is 25.4 Å². The largest absolute Gasteiger partial charge is 0.494 e. The molecule has 3 aromatic rings. The molecule has 0 saturated heterocycles. The van der Waals surface area contributed by atoms with Gasteiger partial charge in [0.1, 0.15) is 10.6 Å². The van der Waals surface area contributed by atoms with Crippen LogP contribution in [0.5, 0.6) is 5.88 Å². The number of carbonyl (C=O) groups is 1. The van der Waals surface area contributed by atoms with Gasteiger partial charge >= 0.3 is 5.69 Å². The summed E-state index contributed by atoms with van der Waals surface area (Å²) in [5.74, 6) is -0.850. The number of hydrogen-bond acceptors (Lipinski definition) is 6. The summed E-state index contributed by atoms with van der Waals surface area (Å²) in [6.45, 7) is 0.358. The van der Waals surface area contributed by atoms with Gasteiger partial charge in [-0.15, -0.1) is 0 Å². The Balaban J connectivity index is 1.91. The second kappa shape index (κ2) is 10.3. The van der Waals surface area contributed by atoms with Crippen molar-refractivity contribution in [3.05, 3.63) is 91.6 Å². The van der Waals surface area contributed by atoms with Crippen molar-refractivity contribution in [2.24, 2.45) is 19.1 Å². The van der Waals surface area contributed by atoms with Gasteiger partial charge < -0.3 is 10.4 Å². The highest BCUT2D eigenvalue weighted by Crippen LogP contribution is 2.24. The Kier molecular flexibility index (Phi) is 7.55. The van der Waals surface area contributed by atoms with Crippen molar-refractivity contribution in [3.8, 4) is 5.88 Å². The van der Waals surface area contributed by atoms with Gasteiger partial charge in [0, 0.05) is 25.7 Å². The molecular formula is C22H21ClN4O4S. The van der Waals surface area contributed by atoms with Crippen LogP contribution in [0.3, 0.4) is 0 Å². The average molecular weight is 473 g/mol. The topological polar surface area (TPSA) is 106 Å². The summed E-state index contributed by atoms with van der Waals surface area (Å²) in [6, 6.07) is 16.0. The third-order valence-electron chi connectivity index (χ3n) is 4.58. The minimum Gasteiger partial charge on any atom is -0.494 e. The summed E-state index contributed by atoms with van der Waals surface area (Å²) in [5, 5.41) is 14.0. The van der Waals surface area contributed by atoms with Crippen LogP contribution in [0, 0.1) is 0 Å². The summed E-state index contributed by atoms with van der Waals surface area (Å²) >= 11 is 6.91. The second-order valence-electron chi connectivity index (χ2n) is 6.85. The normalized spacial score (nSPS) is 11.4. The number of carbonyl (C=O) groups excluding carboxylic acids is 1. The lowest BCUT2D eigenvalue weighted by atomic mass is 10.2. The number of aliphatic imine (C=N–C) groups is 1. The molecule has 1 aromatic heterocycles. The number of amides is 1. The first kappa shape index (κ1) is 23.4. The van der Waals surface area contributed by atoms with Gasteiger partial charge in [-0.2, -0.15) is 0 Å². The van der Waals surface area contributed by atoms with E-state index >= 15 is 0 Å². The molecule has 0 saturated carbocycles. The minimum absolute atomic E-state index is 0.0509. The number of aromatic nitrogens is 2. The number of nitrogens with zero attached hydrogens (tertiary/aromatic N) is 3. The van der Waals surface area contributed by atoms with Crippen LogP contribution < -0.4 is 16.6 Å². The van der Waals surface area contributed by atoms with Crippen LogP contribution in [0.15, 0.2) is 69.2 Å². The number of thioether (sulfide) groups is 1. The first-order valence-corrected chi connectivity index (χ1v) is 10.9. The number of rotatable bonds is 6. The van der Waals surface area contributed by atoms with Crippen LogP contribution in [0.2, 0.25) is 5.02 Å². The monoisotopic (exact) mass is 472 g/mol. The van der Waals surface area contributed by atoms with Gasteiger partial charge in [0.2, 0.25) is 11.8 Å². The quantitative estimate of drug-likeness (QED) is 0.423. The third kappa shape index (κ3) is 5.49. The molecule has 2 N–H and O–H groups in total. The predicted molar refractivity (Wildman–Crippen MR) is 127 cm³/mol. The molecule has 0 spiro atoms. The van der Waals surface area contributed by atoms with E-state index < -0.39 is 17.1 Å². The molecule has 166 valence electrons. The Hall–Kier alpha value is -3.30. The van der Waals surface area contributed by atoms with Crippen molar-refractivity contribution < 1.29 is 9.90 Å². The molecule has 3 rings (SSSR count). The zero-order chi connectivity index (χ0) is 23.3. The molecule has 8 nitrogen and oxygen atoms in total. The van der Waals surface area contributed by atoms with Crippen molar-refractivity contribution in [2.75, 3.05) is 5.75 Å². The summed E-state index contributed by atoms with van der Waals surface area (Å²) in [4.78, 5) is 41.7. The molecule has 1 heterocycles. The summed E-state index contributed by atoms with van der Waals surface area (Å²) in [7, 11) is 2.66. The first-order chi connectivity index (χ1) is 15.3. The number of aromatic hydroxyl groups is 1. The maximum atomic E-state index is 12.8. The lowest BCUT2D eigenvalue weighted by molar-refractivity contribution is -0.118. The summed E-state index contributed by atoms with van der Waals surface area (Å²) in [6.07, 6.45) is 0. The van der Waals surface area contributed by atoms with E-state index in [0.29, 0.717) is 17.3 Å². The Morgan fingerprint density at radius 2 is 1.72 bits per heavy atom. The molecule has 1 amide bonds. The van der Waals surface area contributed by atoms with Gasteiger partial charge in [0.05, 0.1) is 11.4 Å². The molecule has 0 aliphatic carbocycles. The molecule has 2 aromatic carbocycles. The van der Waals surface area contributed by atoms with Crippen molar-refractivity contribution in [2.45, 2.75) is 6.54 Å². The van der Waals surface area contributed by atoms with E-state index in [-0.39, 0.29) is 22.3 Å². The highest BCUT2D eigenvalue weighted by atomic mass is 35.5. The zero-order valence-electron chi connectivity index (χ0n) is 17.4. The van der Waals surface area contributed by atoms with Crippen LogP contribution >= 0.6 is 23.4 Å². The van der Waals surface area contributed by atoms with Crippen LogP contribution in [0.4, 0.5) is 5.69 Å². The van der Waals surface area contributed by atoms with Crippen LogP contribution in [-0.4, -0.2) is 30.9 Å². The zero-order valence-corrected chi connectivity index (χ0v) is 19.0. The second-order valence-corrected chi connectivity index (χ2v) is 8.25. The lowest BCUT2D eigenvalue weighted by Gasteiger charge is -2.12. The third-order valence-corrected chi connectivity index (χ3v) is 5.80. The van der Waals surface area contributed by atoms with Crippen molar-refractivity contribution in [3.63, 3.8) is 0 Å². The fourth-order valence-corrected chi connectivity index (χ4v) is 3.78. The standard InChI is InChI=1S/C22H21ClN4O4S/c1-26-20(29)18(21(30)27(2)22(26)31)19(25-16-10-8-15(23)9-11-16)32-13-17(28)24-12-14-6-4-3-5-7-14/h3-11,29H,12-13H2,1-2H3,(H,24,28). The molecule has 0 radical (unpaired) electrons. The summed E-state index contributed by atoms with van der Waals surface area (Å²) in [5.41, 5.74) is -0.129. The average Bonchev–Trinajstić information content (AvgIpc) is 2.80. The molecular weight excluding hydrogens is 452 g/mol. The molecule has 10 heteroatoms. The number of nitrogens with one attached hydrogen (secondary N) is 1. The molecule has 0 aliphatic heterocycles. The smallest absolute Gasteiger partial charge is 0.333 e. The van der Waals surface area contributed by atoms with E-state index in [1.54, 1.807) is 24.3 Å². The maximum absolute atomic E-state index is 12.8. The Morgan fingerprint density at radius 1 is 1.06 bits per heavy atom. The van der Waals surface area contributed by atoms with Gasteiger partial charge in [-0.1, -0.05) is 53.7 Å². The van der Waals surface area contributed by atoms with Gasteiger partial charge in [0.25, 0.3) is 5.56 Å². The van der Waals surface area contributed by atoms with E-state index in [1.807, 2.05) is 30.3 Å². The van der Waals surface area contributed by atoms with Gasteiger partial charge in [0.15, 0.2) is 0 Å². The van der Waals surface area contributed by atoms with Gasteiger partial charge in [-0.05, 0) is 29.8 Å². The van der Waals surface area contributed by atoms with E-state index in [2.05, 4.69) is 10.3 Å². The van der Waals surface area contributed by atoms with E-state index in [4.69, 9.17) is 11.6 Å². The molecule has 32 heavy (non-hydrogen) atoms. The maximum Gasteiger partial charge on any atom is 0.333 e. The fraction of sp³-hybridized carbons (Fsp3) is 0.182. The lowest BCUT2D eigenvalue weighted by Crippen LogP contribution is -2.39. The van der Waals surface area contributed by atoms with Gasteiger partial charge in [-0.25, -0.2) is 9.79 Å². The van der Waals surface area contributed by atoms with E-state index in [9.17, 15) is 19.5 Å². The van der Waals surface area contributed by atoms with E-state index in [1.165, 1.54) is 14.1 Å². The first-order valence-electron chi connectivity index (χ1n) is 9.55. The van der Waals surface area contributed by atoms with Gasteiger partial charge in [-0.3, -0.25) is 18.7 Å². The SMILES string of the molecule is Cn1c(O)c(C(=Nc2ccc(Cl)cc2)SCC(=O)NCc2ccccc2)c(=O)n(C)c1=O. The fourth-order valence-electron chi connectivity index (χ4n) is 2.80. The number of hydrogen-bond donors (Lipinski definition) is 2. The Bertz CT molecular complexity index is 1270. The van der Waals surface area contributed by atoms with Crippen molar-refractivity contribution in [1.82, 2.24) is 14.5 Å². The summed E-state index contributed by atoms with van der Waals surface area (Å²) < 4.78 is 1.83. The van der Waals surface area contributed by atoms with Crippen molar-refractivity contribution >= 4 is 40.0 Å². The highest BCUT2D eigenvalue weighted by molar-refractivity contribution is 8.15. The molecule has 0 fully saturated rings. The van der Waals surface area contributed by atoms with Crippen LogP contribution in [0.25, 0.3) is 0 Å². The Morgan fingerprint density at radius 3 is 2.38 bits per heavy atom. The minimum atomic E-state index is -0.712. The van der Waals surface area contributed by atoms with E-state index in [0.717, 1.165) is 26.5 Å². The highest BCUT2D eigenvalue weighted by Gasteiger charge is 2.21. The van der Waals surface area contributed by atoms with Crippen LogP contribution in [0.1, 0.15) is 11.1 Å². The number of halogens is 1. The Labute approximate surface area is 193 Å². The predicted octanol–water partition coefficient (Wildman–Crippen LogP) is 2.57.